The maximum absolute atomic E-state index is 12.2. The standard InChI is InChI=1S/C30H58NO9P.C29H60NO7P.CH5P.HOP.V/c1-5-6-7-8-9-10-11-12-13-14-15-16-17-18-21-29(33)37-26-28(40-30(34)22-19-20-24-32)27-39-41(35,36)38-25-23-31(2,3)4;1-5-6-7-8-9-10-11-12-13-14-15-16-17-20-24-34-27-29(35-25-21-18-19-23-31)28-37-38(32,33)36-26-22-30(2,3)4;2*1-2;/h24,28H,5-23,25-27H2,1-4H3;23,29H,5-22,24-28H2,1-4H3;2H2,1H3;2H;/p+2. The van der Waals surface area contributed by atoms with Crippen molar-refractivity contribution in [3.05, 3.63) is 0 Å². The molecule has 1 radical (unpaired) electrons. The first-order chi connectivity index (χ1) is 39.7. The molecule has 0 rings (SSSR count). The van der Waals surface area contributed by atoms with Crippen molar-refractivity contribution < 1.29 is 107 Å². The van der Waals surface area contributed by atoms with Gasteiger partial charge in [-0.1, -0.05) is 187 Å². The number of phosphoric ester groups is 2. The zero-order chi connectivity index (χ0) is 63.2. The van der Waals surface area contributed by atoms with Crippen molar-refractivity contribution in [3.8, 4) is 0 Å². The van der Waals surface area contributed by atoms with E-state index in [2.05, 4.69) is 23.1 Å². The van der Waals surface area contributed by atoms with Crippen LogP contribution in [0.3, 0.4) is 0 Å². The van der Waals surface area contributed by atoms with E-state index in [0.29, 0.717) is 61.0 Å². The largest absolute Gasteiger partial charge is 0.472 e. The SMILES string of the molecule is CCCCCCCCCCCCCCCCC(=O)OCC(COP(=O)(O)OCC[N+](C)(C)C)OC(=O)CCCC=O.CCCCCCCCCCCCCCCCOCC(COP(=O)(O)OCC[N+](C)(C)C)OCCCCC=O.CP.O=P.[V]. The number of likely N-dealkylation sites (N-methyl/N-ethyl adjacent to an activating group) is 2. The summed E-state index contributed by atoms with van der Waals surface area (Å²) >= 11 is 0. The molecule has 0 spiro atoms. The van der Waals surface area contributed by atoms with Gasteiger partial charge in [-0.25, -0.2) is 9.13 Å². The number of nitrogens with zero attached hydrogens (tertiary/aromatic N) is 2. The molecule has 5 unspecified atom stereocenters. The minimum Gasteiger partial charge on any atom is -0.462 e. The van der Waals surface area contributed by atoms with E-state index in [9.17, 15) is 38.1 Å². The van der Waals surface area contributed by atoms with Gasteiger partial charge in [0.2, 0.25) is 0 Å². The number of quaternary nitrogens is 2. The Morgan fingerprint density at radius 2 is 0.798 bits per heavy atom. The van der Waals surface area contributed by atoms with Gasteiger partial charge in [0.15, 0.2) is 6.10 Å². The van der Waals surface area contributed by atoms with E-state index in [1.165, 1.54) is 148 Å². The summed E-state index contributed by atoms with van der Waals surface area (Å²) in [5.74, 6) is -1.03. The summed E-state index contributed by atoms with van der Waals surface area (Å²) in [6.45, 7) is 8.17. The van der Waals surface area contributed by atoms with Gasteiger partial charge in [0, 0.05) is 57.5 Å². The third kappa shape index (κ3) is 77.6. The average Bonchev–Trinajstić information content (AvgIpc) is 3.46. The van der Waals surface area contributed by atoms with Crippen LogP contribution in [-0.2, 0) is 88.5 Å². The monoisotopic (exact) mass is 1320 g/mol. The second kappa shape index (κ2) is 66.9. The Bertz CT molecular complexity index is 1550. The number of ether oxygens (including phenoxy) is 4. The molecule has 501 valence electrons. The zero-order valence-electron chi connectivity index (χ0n) is 54.5. The summed E-state index contributed by atoms with van der Waals surface area (Å²) in [5, 5.41) is 0. The van der Waals surface area contributed by atoms with Gasteiger partial charge in [0.25, 0.3) is 0 Å². The van der Waals surface area contributed by atoms with E-state index >= 15 is 0 Å². The molecule has 0 aliphatic carbocycles. The number of carbonyl (C=O) groups excluding carboxylic acids is 4. The minimum atomic E-state index is -4.38. The van der Waals surface area contributed by atoms with Crippen LogP contribution in [0.25, 0.3) is 0 Å². The van der Waals surface area contributed by atoms with Gasteiger partial charge < -0.3 is 47.3 Å². The number of rotatable bonds is 59. The first kappa shape index (κ1) is 92.2. The normalized spacial score (nSPS) is 13.4. The van der Waals surface area contributed by atoms with E-state index < -0.39 is 46.4 Å². The predicted octanol–water partition coefficient (Wildman–Crippen LogP) is 14.6. The van der Waals surface area contributed by atoms with Gasteiger partial charge in [0.1, 0.15) is 60.7 Å². The molecular formula is C60H126N2O17P4V+2. The molecule has 2 N–H and O–H groups in total. The molecule has 0 aromatic carbocycles. The Balaban J connectivity index is -0.000000463. The maximum Gasteiger partial charge on any atom is 0.472 e. The fraction of sp³-hybridized carbons (Fsp3) is 0.933. The Morgan fingerprint density at radius 3 is 1.19 bits per heavy atom. The fourth-order valence-electron chi connectivity index (χ4n) is 8.04. The Labute approximate surface area is 528 Å². The van der Waals surface area contributed by atoms with Crippen molar-refractivity contribution in [3.63, 3.8) is 0 Å². The molecule has 0 aliphatic rings. The molecule has 19 nitrogen and oxygen atoms in total. The number of esters is 2. The first-order valence-electron chi connectivity index (χ1n) is 31.7. The van der Waals surface area contributed by atoms with Crippen LogP contribution in [0.15, 0.2) is 0 Å². The van der Waals surface area contributed by atoms with E-state index in [-0.39, 0.29) is 64.2 Å². The van der Waals surface area contributed by atoms with E-state index in [1.54, 1.807) is 9.12 Å². The summed E-state index contributed by atoms with van der Waals surface area (Å²) in [6.07, 6.45) is 38.5. The third-order valence-corrected chi connectivity index (χ3v) is 15.0. The van der Waals surface area contributed by atoms with E-state index in [4.69, 9.17) is 41.6 Å². The van der Waals surface area contributed by atoms with Crippen molar-refractivity contribution in [1.29, 1.82) is 0 Å². The van der Waals surface area contributed by atoms with E-state index in [1.807, 2.05) is 49.0 Å². The van der Waals surface area contributed by atoms with Gasteiger partial charge in [-0.05, 0) is 32.1 Å². The Hall–Kier alpha value is -0.546. The number of carbonyl (C=O) groups is 4. The minimum absolute atomic E-state index is 0. The molecule has 24 heteroatoms. The summed E-state index contributed by atoms with van der Waals surface area (Å²) < 4.78 is 76.1. The molecule has 84 heavy (non-hydrogen) atoms. The van der Waals surface area contributed by atoms with Gasteiger partial charge in [-0.2, -0.15) is 0 Å². The number of hydrogen-bond donors (Lipinski definition) is 2. The van der Waals surface area contributed by atoms with Crippen molar-refractivity contribution in [2.24, 2.45) is 0 Å². The molecule has 0 heterocycles. The quantitative estimate of drug-likeness (QED) is 0.0189. The Kier molecular flexibility index (Phi) is 73.4. The van der Waals surface area contributed by atoms with Crippen molar-refractivity contribution in [1.82, 2.24) is 0 Å². The molecule has 0 saturated carbocycles. The second-order valence-corrected chi connectivity index (χ2v) is 26.2. The van der Waals surface area contributed by atoms with Crippen LogP contribution in [0.4, 0.5) is 0 Å². The van der Waals surface area contributed by atoms with E-state index in [0.717, 1.165) is 51.2 Å². The molecule has 0 saturated heterocycles. The summed E-state index contributed by atoms with van der Waals surface area (Å²) in [6, 6.07) is 0. The zero-order valence-corrected chi connectivity index (χ0v) is 59.8. The number of unbranched alkanes of at least 4 members (excludes halogenated alkanes) is 29. The van der Waals surface area contributed by atoms with Gasteiger partial charge in [0.05, 0.1) is 62.1 Å². The molecule has 0 aromatic rings. The van der Waals surface area contributed by atoms with Crippen LogP contribution in [0.1, 0.15) is 239 Å². The first-order valence-corrected chi connectivity index (χ1v) is 36.3. The van der Waals surface area contributed by atoms with Crippen LogP contribution in [0.5, 0.6) is 0 Å². The van der Waals surface area contributed by atoms with Crippen LogP contribution in [0.2, 0.25) is 0 Å². The summed E-state index contributed by atoms with van der Waals surface area (Å²) in [4.78, 5) is 65.2. The van der Waals surface area contributed by atoms with Crippen LogP contribution < -0.4 is 0 Å². The van der Waals surface area contributed by atoms with Gasteiger partial charge in [-0.3, -0.25) is 32.2 Å². The maximum atomic E-state index is 12.2. The number of hydrogen-bond acceptors (Lipinski definition) is 15. The molecule has 0 bridgehead atoms. The third-order valence-electron chi connectivity index (χ3n) is 13.1. The van der Waals surface area contributed by atoms with Gasteiger partial charge >= 0.3 is 27.6 Å². The Morgan fingerprint density at radius 1 is 0.452 bits per heavy atom. The molecule has 0 aliphatic heterocycles. The molecule has 0 aromatic heterocycles. The number of aldehydes is 2. The molecule has 5 atom stereocenters. The molecule has 0 fully saturated rings. The topological polar surface area (TPSA) is 234 Å². The number of phosphoric acid groups is 2. The molecular weight excluding hydrogens is 1200 g/mol. The van der Waals surface area contributed by atoms with Gasteiger partial charge in [-0.15, -0.1) is 9.24 Å². The smallest absolute Gasteiger partial charge is 0.462 e. The summed E-state index contributed by atoms with van der Waals surface area (Å²) in [5.41, 5.74) is 0. The predicted molar refractivity (Wildman–Crippen MR) is 340 cm³/mol. The van der Waals surface area contributed by atoms with Crippen LogP contribution >= 0.6 is 34.0 Å². The average molecular weight is 1320 g/mol. The van der Waals surface area contributed by atoms with Crippen molar-refractivity contribution >= 4 is 58.5 Å². The van der Waals surface area contributed by atoms with Crippen LogP contribution in [0, 0.1) is 0 Å². The van der Waals surface area contributed by atoms with Crippen LogP contribution in [-0.4, -0.2) is 170 Å². The summed E-state index contributed by atoms with van der Waals surface area (Å²) in [7, 11) is 7.30. The fourth-order valence-corrected chi connectivity index (χ4v) is 9.52. The molecule has 0 amide bonds. The van der Waals surface area contributed by atoms with Crippen molar-refractivity contribution in [2.75, 3.05) is 115 Å². The second-order valence-electron chi connectivity index (χ2n) is 23.2. The van der Waals surface area contributed by atoms with Crippen molar-refractivity contribution in [2.45, 2.75) is 251 Å².